The van der Waals surface area contributed by atoms with Crippen molar-refractivity contribution in [2.24, 2.45) is 5.73 Å². The van der Waals surface area contributed by atoms with Gasteiger partial charge in [-0.3, -0.25) is 0 Å². The molecule has 0 saturated carbocycles. The third-order valence-electron chi connectivity index (χ3n) is 4.23. The molecule has 3 N–H and O–H groups in total. The first-order chi connectivity index (χ1) is 11.5. The van der Waals surface area contributed by atoms with Crippen molar-refractivity contribution in [2.75, 3.05) is 33.8 Å². The van der Waals surface area contributed by atoms with Crippen molar-refractivity contribution in [3.63, 3.8) is 0 Å². The van der Waals surface area contributed by atoms with Gasteiger partial charge in [0.15, 0.2) is 0 Å². The summed E-state index contributed by atoms with van der Waals surface area (Å²) in [5.41, 5.74) is 8.27. The number of aromatic nitrogens is 1. The van der Waals surface area contributed by atoms with E-state index >= 15 is 0 Å². The van der Waals surface area contributed by atoms with Crippen molar-refractivity contribution < 1.29 is 14.3 Å². The molecule has 0 bridgehead atoms. The number of hydrogen-bond donors (Lipinski definition) is 2. The molecule has 1 atom stereocenters. The SMILES string of the molecule is CN(C)C(=O)N1Cc2[nH]c3ccc(OCCN)cc3c2C(C=O)C1. The number of carbonyl (C=O) groups is 2. The summed E-state index contributed by atoms with van der Waals surface area (Å²) in [5, 5.41) is 0.966. The van der Waals surface area contributed by atoms with Crippen LogP contribution in [0.25, 0.3) is 10.9 Å². The highest BCUT2D eigenvalue weighted by Gasteiger charge is 2.31. The summed E-state index contributed by atoms with van der Waals surface area (Å²) in [7, 11) is 3.42. The third kappa shape index (κ3) is 2.82. The van der Waals surface area contributed by atoms with E-state index < -0.39 is 0 Å². The normalized spacial score (nSPS) is 16.8. The first-order valence-corrected chi connectivity index (χ1v) is 7.94. The first kappa shape index (κ1) is 16.3. The second-order valence-corrected chi connectivity index (χ2v) is 6.16. The Bertz CT molecular complexity index is 769. The number of urea groups is 1. The van der Waals surface area contributed by atoms with Crippen LogP contribution in [-0.4, -0.2) is 60.9 Å². The number of carbonyl (C=O) groups excluding carboxylic acids is 2. The van der Waals surface area contributed by atoms with E-state index in [2.05, 4.69) is 4.98 Å². The van der Waals surface area contributed by atoms with Crippen molar-refractivity contribution in [2.45, 2.75) is 12.5 Å². The first-order valence-electron chi connectivity index (χ1n) is 7.94. The molecule has 2 heterocycles. The molecule has 128 valence electrons. The molecule has 0 spiro atoms. The Kier molecular flexibility index (Phi) is 4.44. The van der Waals surface area contributed by atoms with Gasteiger partial charge in [-0.15, -0.1) is 0 Å². The fourth-order valence-electron chi connectivity index (χ4n) is 3.19. The number of aldehydes is 1. The zero-order valence-corrected chi connectivity index (χ0v) is 13.9. The summed E-state index contributed by atoms with van der Waals surface area (Å²) in [5.74, 6) is 0.377. The molecule has 1 aliphatic heterocycles. The second-order valence-electron chi connectivity index (χ2n) is 6.16. The zero-order chi connectivity index (χ0) is 17.3. The van der Waals surface area contributed by atoms with Crippen molar-refractivity contribution in [1.29, 1.82) is 0 Å². The molecule has 2 aromatic rings. The highest BCUT2D eigenvalue weighted by Crippen LogP contribution is 2.35. The standard InChI is InChI=1S/C17H22N4O3/c1-20(2)17(23)21-8-11(10-22)16-13-7-12(24-6-5-18)3-4-14(13)19-15(16)9-21/h3-4,7,10-11,19H,5-6,8-9,18H2,1-2H3. The molecule has 1 aromatic heterocycles. The minimum Gasteiger partial charge on any atom is -0.492 e. The van der Waals surface area contributed by atoms with E-state index in [0.717, 1.165) is 34.2 Å². The van der Waals surface area contributed by atoms with Crippen LogP contribution in [0.3, 0.4) is 0 Å². The van der Waals surface area contributed by atoms with Crippen molar-refractivity contribution in [3.05, 3.63) is 29.5 Å². The highest BCUT2D eigenvalue weighted by molar-refractivity contribution is 5.90. The van der Waals surface area contributed by atoms with Crippen molar-refractivity contribution in [1.82, 2.24) is 14.8 Å². The minimum atomic E-state index is -0.351. The number of nitrogens with one attached hydrogen (secondary N) is 1. The Morgan fingerprint density at radius 1 is 1.50 bits per heavy atom. The summed E-state index contributed by atoms with van der Waals surface area (Å²) >= 11 is 0. The number of fused-ring (bicyclic) bond motifs is 3. The summed E-state index contributed by atoms with van der Waals surface area (Å²) in [6, 6.07) is 5.64. The Morgan fingerprint density at radius 3 is 2.96 bits per heavy atom. The number of hydrogen-bond acceptors (Lipinski definition) is 4. The molecule has 0 aliphatic carbocycles. The van der Waals surface area contributed by atoms with Crippen LogP contribution in [0.1, 0.15) is 17.2 Å². The maximum Gasteiger partial charge on any atom is 0.319 e. The lowest BCUT2D eigenvalue weighted by atomic mass is 9.93. The molecular formula is C17H22N4O3. The lowest BCUT2D eigenvalue weighted by Gasteiger charge is -2.32. The Balaban J connectivity index is 2.01. The van der Waals surface area contributed by atoms with Gasteiger partial charge in [-0.1, -0.05) is 0 Å². The lowest BCUT2D eigenvalue weighted by molar-refractivity contribution is -0.109. The predicted octanol–water partition coefficient (Wildman–Crippen LogP) is 1.29. The molecule has 0 fully saturated rings. The van der Waals surface area contributed by atoms with Crippen LogP contribution in [0.15, 0.2) is 18.2 Å². The molecule has 0 radical (unpaired) electrons. The van der Waals surface area contributed by atoms with Gasteiger partial charge in [-0.25, -0.2) is 4.79 Å². The van der Waals surface area contributed by atoms with Crippen LogP contribution in [0.2, 0.25) is 0 Å². The van der Waals surface area contributed by atoms with Crippen LogP contribution in [0.5, 0.6) is 5.75 Å². The fourth-order valence-corrected chi connectivity index (χ4v) is 3.19. The largest absolute Gasteiger partial charge is 0.492 e. The van der Waals surface area contributed by atoms with Gasteiger partial charge in [-0.05, 0) is 23.8 Å². The quantitative estimate of drug-likeness (QED) is 0.826. The average molecular weight is 330 g/mol. The summed E-state index contributed by atoms with van der Waals surface area (Å²) in [4.78, 5) is 30.4. The molecule has 0 saturated heterocycles. The van der Waals surface area contributed by atoms with Gasteiger partial charge in [-0.2, -0.15) is 0 Å². The fraction of sp³-hybridized carbons (Fsp3) is 0.412. The van der Waals surface area contributed by atoms with Gasteiger partial charge < -0.3 is 30.0 Å². The van der Waals surface area contributed by atoms with Gasteiger partial charge >= 0.3 is 6.03 Å². The van der Waals surface area contributed by atoms with Crippen LogP contribution in [0.4, 0.5) is 4.79 Å². The van der Waals surface area contributed by atoms with Crippen LogP contribution < -0.4 is 10.5 Å². The van der Waals surface area contributed by atoms with Crippen LogP contribution in [-0.2, 0) is 11.3 Å². The van der Waals surface area contributed by atoms with Crippen LogP contribution >= 0.6 is 0 Å². The molecule has 1 aromatic carbocycles. The summed E-state index contributed by atoms with van der Waals surface area (Å²) < 4.78 is 5.58. The van der Waals surface area contributed by atoms with E-state index in [1.54, 1.807) is 19.0 Å². The Labute approximate surface area is 140 Å². The van der Waals surface area contributed by atoms with E-state index in [-0.39, 0.29) is 11.9 Å². The van der Waals surface area contributed by atoms with E-state index in [1.165, 1.54) is 4.90 Å². The number of nitrogens with two attached hydrogens (primary N) is 1. The summed E-state index contributed by atoms with van der Waals surface area (Å²) in [6.45, 7) is 1.74. The van der Waals surface area contributed by atoms with E-state index in [1.807, 2.05) is 18.2 Å². The van der Waals surface area contributed by atoms with Gasteiger partial charge in [0, 0.05) is 43.8 Å². The molecule has 1 unspecified atom stereocenters. The Morgan fingerprint density at radius 2 is 2.29 bits per heavy atom. The molecule has 7 nitrogen and oxygen atoms in total. The zero-order valence-electron chi connectivity index (χ0n) is 13.9. The predicted molar refractivity (Wildman–Crippen MR) is 91.1 cm³/mol. The van der Waals surface area contributed by atoms with E-state index in [0.29, 0.717) is 26.2 Å². The Hall–Kier alpha value is -2.54. The third-order valence-corrected chi connectivity index (χ3v) is 4.23. The van der Waals surface area contributed by atoms with Gasteiger partial charge in [0.1, 0.15) is 18.6 Å². The number of rotatable bonds is 4. The van der Waals surface area contributed by atoms with Gasteiger partial charge in [0.2, 0.25) is 0 Å². The maximum absolute atomic E-state index is 12.2. The molecule has 2 amide bonds. The number of amides is 2. The minimum absolute atomic E-state index is 0.0990. The number of H-pyrrole nitrogens is 1. The van der Waals surface area contributed by atoms with E-state index in [9.17, 15) is 9.59 Å². The maximum atomic E-state index is 12.2. The van der Waals surface area contributed by atoms with Crippen molar-refractivity contribution in [3.8, 4) is 5.75 Å². The monoisotopic (exact) mass is 330 g/mol. The molecular weight excluding hydrogens is 308 g/mol. The molecule has 24 heavy (non-hydrogen) atoms. The molecule has 3 rings (SSSR count). The average Bonchev–Trinajstić information content (AvgIpc) is 2.95. The molecule has 7 heteroatoms. The highest BCUT2D eigenvalue weighted by atomic mass is 16.5. The topological polar surface area (TPSA) is 91.7 Å². The van der Waals surface area contributed by atoms with Gasteiger partial charge in [0.25, 0.3) is 0 Å². The summed E-state index contributed by atoms with van der Waals surface area (Å²) in [6.07, 6.45) is 0.911. The molecule has 1 aliphatic rings. The number of nitrogens with zero attached hydrogens (tertiary/aromatic N) is 2. The van der Waals surface area contributed by atoms with Crippen molar-refractivity contribution >= 4 is 23.2 Å². The van der Waals surface area contributed by atoms with E-state index in [4.69, 9.17) is 10.5 Å². The second kappa shape index (κ2) is 6.52. The smallest absolute Gasteiger partial charge is 0.319 e. The number of ether oxygens (including phenoxy) is 1. The van der Waals surface area contributed by atoms with Crippen LogP contribution in [0, 0.1) is 0 Å². The lowest BCUT2D eigenvalue weighted by Crippen LogP contribution is -2.43. The van der Waals surface area contributed by atoms with Gasteiger partial charge in [0.05, 0.1) is 12.5 Å². The number of aromatic amines is 1. The number of benzene rings is 1.